The minimum absolute atomic E-state index is 0.210. The van der Waals surface area contributed by atoms with Gasteiger partial charge >= 0.3 is 0 Å². The fourth-order valence-electron chi connectivity index (χ4n) is 2.24. The van der Waals surface area contributed by atoms with Crippen LogP contribution < -0.4 is 0 Å². The van der Waals surface area contributed by atoms with E-state index in [1.54, 1.807) is 0 Å². The lowest BCUT2D eigenvalue weighted by Crippen LogP contribution is -2.08. The van der Waals surface area contributed by atoms with E-state index in [-0.39, 0.29) is 10.9 Å². The summed E-state index contributed by atoms with van der Waals surface area (Å²) >= 11 is 5.74. The van der Waals surface area contributed by atoms with E-state index in [9.17, 15) is 0 Å². The standard InChI is InChI=1S/C18H22ClS/c19-15-9-1-2-10-16-20(17-11-5-3-6-12-17)18-13-7-4-8-14-18/h3-8,11-14H,1-2,9-10,15-16H2/q+1. The van der Waals surface area contributed by atoms with Crippen molar-refractivity contribution in [1.82, 2.24) is 0 Å². The molecule has 20 heavy (non-hydrogen) atoms. The molecule has 0 amide bonds. The number of rotatable bonds is 8. The summed E-state index contributed by atoms with van der Waals surface area (Å²) in [4.78, 5) is 2.91. The Kier molecular flexibility index (Phi) is 7.04. The molecule has 2 heteroatoms. The van der Waals surface area contributed by atoms with Crippen LogP contribution in [0.15, 0.2) is 70.5 Å². The highest BCUT2D eigenvalue weighted by molar-refractivity contribution is 7.97. The predicted molar refractivity (Wildman–Crippen MR) is 90.8 cm³/mol. The first kappa shape index (κ1) is 15.5. The first-order chi connectivity index (χ1) is 9.92. The molecule has 0 aliphatic rings. The minimum Gasteiger partial charge on any atom is -0.127 e. The van der Waals surface area contributed by atoms with E-state index in [2.05, 4.69) is 60.7 Å². The van der Waals surface area contributed by atoms with Gasteiger partial charge in [0.05, 0.1) is 10.9 Å². The molecule has 0 saturated carbocycles. The van der Waals surface area contributed by atoms with Crippen LogP contribution in [-0.2, 0) is 10.9 Å². The Morgan fingerprint density at radius 2 is 1.15 bits per heavy atom. The van der Waals surface area contributed by atoms with Crippen molar-refractivity contribution in [2.75, 3.05) is 11.6 Å². The summed E-state index contributed by atoms with van der Waals surface area (Å²) < 4.78 is 0. The average Bonchev–Trinajstić information content (AvgIpc) is 2.53. The number of benzene rings is 2. The fourth-order valence-corrected chi connectivity index (χ4v) is 4.63. The van der Waals surface area contributed by atoms with E-state index in [4.69, 9.17) is 11.6 Å². The van der Waals surface area contributed by atoms with Gasteiger partial charge in [0.2, 0.25) is 0 Å². The van der Waals surface area contributed by atoms with Gasteiger partial charge in [0, 0.05) is 5.88 Å². The zero-order chi connectivity index (χ0) is 14.0. The first-order valence-corrected chi connectivity index (χ1v) is 9.21. The summed E-state index contributed by atoms with van der Waals surface area (Å²) in [6, 6.07) is 21.8. The molecule has 0 heterocycles. The number of hydrogen-bond donors (Lipinski definition) is 0. The Bertz CT molecular complexity index is 430. The molecule has 2 rings (SSSR count). The van der Waals surface area contributed by atoms with E-state index in [1.807, 2.05) is 0 Å². The molecular weight excluding hydrogens is 284 g/mol. The maximum Gasteiger partial charge on any atom is 0.160 e. The van der Waals surface area contributed by atoms with Gasteiger partial charge in [-0.05, 0) is 43.5 Å². The molecule has 0 aliphatic carbocycles. The van der Waals surface area contributed by atoms with Gasteiger partial charge in [0.25, 0.3) is 0 Å². The van der Waals surface area contributed by atoms with Crippen LogP contribution in [-0.4, -0.2) is 11.6 Å². The largest absolute Gasteiger partial charge is 0.160 e. The number of unbranched alkanes of at least 4 members (excludes halogenated alkanes) is 3. The summed E-state index contributed by atoms with van der Waals surface area (Å²) in [5.41, 5.74) is 0. The highest BCUT2D eigenvalue weighted by Crippen LogP contribution is 2.24. The van der Waals surface area contributed by atoms with Crippen molar-refractivity contribution in [2.24, 2.45) is 0 Å². The van der Waals surface area contributed by atoms with Crippen LogP contribution in [0.5, 0.6) is 0 Å². The molecule has 0 radical (unpaired) electrons. The minimum atomic E-state index is 0.210. The maximum absolute atomic E-state index is 5.74. The zero-order valence-electron chi connectivity index (χ0n) is 11.8. The SMILES string of the molecule is ClCCCCCC[S+](c1ccccc1)c1ccccc1. The lowest BCUT2D eigenvalue weighted by atomic mass is 10.2. The van der Waals surface area contributed by atoms with E-state index >= 15 is 0 Å². The van der Waals surface area contributed by atoms with Crippen LogP contribution in [0.4, 0.5) is 0 Å². The summed E-state index contributed by atoms with van der Waals surface area (Å²) in [6.07, 6.45) is 4.97. The monoisotopic (exact) mass is 305 g/mol. The average molecular weight is 306 g/mol. The first-order valence-electron chi connectivity index (χ1n) is 7.29. The third kappa shape index (κ3) is 4.88. The molecule has 0 spiro atoms. The second-order valence-corrected chi connectivity index (χ2v) is 7.33. The highest BCUT2D eigenvalue weighted by Gasteiger charge is 2.23. The molecule has 0 atom stereocenters. The summed E-state index contributed by atoms with van der Waals surface area (Å²) in [6.45, 7) is 0. The van der Waals surface area contributed by atoms with Gasteiger partial charge < -0.3 is 0 Å². The molecule has 0 fully saturated rings. The van der Waals surface area contributed by atoms with Gasteiger partial charge in [0.15, 0.2) is 9.79 Å². The molecule has 106 valence electrons. The van der Waals surface area contributed by atoms with Crippen molar-refractivity contribution in [3.05, 3.63) is 60.7 Å². The van der Waals surface area contributed by atoms with Crippen LogP contribution in [0.2, 0.25) is 0 Å². The third-order valence-electron chi connectivity index (χ3n) is 3.29. The van der Waals surface area contributed by atoms with Crippen molar-refractivity contribution in [3.8, 4) is 0 Å². The Morgan fingerprint density at radius 3 is 1.65 bits per heavy atom. The fraction of sp³-hybridized carbons (Fsp3) is 0.333. The molecule has 2 aromatic carbocycles. The molecule has 0 unspecified atom stereocenters. The Morgan fingerprint density at radius 1 is 0.650 bits per heavy atom. The quantitative estimate of drug-likeness (QED) is 0.342. The topological polar surface area (TPSA) is 0 Å². The molecule has 0 N–H and O–H groups in total. The van der Waals surface area contributed by atoms with Crippen LogP contribution in [0, 0.1) is 0 Å². The number of hydrogen-bond acceptors (Lipinski definition) is 0. The van der Waals surface area contributed by atoms with Gasteiger partial charge in [-0.1, -0.05) is 42.8 Å². The smallest absolute Gasteiger partial charge is 0.127 e. The lowest BCUT2D eigenvalue weighted by molar-refractivity contribution is 0.708. The number of alkyl halides is 1. The third-order valence-corrected chi connectivity index (χ3v) is 5.93. The summed E-state index contributed by atoms with van der Waals surface area (Å²) in [5, 5.41) is 0. The van der Waals surface area contributed by atoms with Crippen molar-refractivity contribution in [3.63, 3.8) is 0 Å². The van der Waals surface area contributed by atoms with E-state index < -0.39 is 0 Å². The summed E-state index contributed by atoms with van der Waals surface area (Å²) in [5.74, 6) is 2.04. The van der Waals surface area contributed by atoms with E-state index in [0.717, 1.165) is 12.3 Å². The molecule has 0 nitrogen and oxygen atoms in total. The zero-order valence-corrected chi connectivity index (χ0v) is 13.4. The normalized spacial score (nSPS) is 10.9. The molecular formula is C18H22ClS+. The second-order valence-electron chi connectivity index (χ2n) is 4.82. The van der Waals surface area contributed by atoms with Crippen molar-refractivity contribution in [1.29, 1.82) is 0 Å². The Hall–Kier alpha value is -0.920. The Balaban J connectivity index is 2.02. The second kappa shape index (κ2) is 9.10. The molecule has 0 aromatic heterocycles. The van der Waals surface area contributed by atoms with Crippen molar-refractivity contribution < 1.29 is 0 Å². The number of halogens is 1. The molecule has 0 saturated heterocycles. The molecule has 2 aromatic rings. The summed E-state index contributed by atoms with van der Waals surface area (Å²) in [7, 11) is 0.210. The molecule has 0 bridgehead atoms. The van der Waals surface area contributed by atoms with Crippen molar-refractivity contribution in [2.45, 2.75) is 35.5 Å². The Labute approximate surface area is 130 Å². The van der Waals surface area contributed by atoms with Gasteiger partial charge in [0.1, 0.15) is 5.75 Å². The van der Waals surface area contributed by atoms with Gasteiger partial charge in [-0.15, -0.1) is 11.6 Å². The van der Waals surface area contributed by atoms with Crippen LogP contribution in [0.1, 0.15) is 25.7 Å². The van der Waals surface area contributed by atoms with Gasteiger partial charge in [-0.25, -0.2) is 0 Å². The highest BCUT2D eigenvalue weighted by atomic mass is 35.5. The van der Waals surface area contributed by atoms with Gasteiger partial charge in [-0.3, -0.25) is 0 Å². The van der Waals surface area contributed by atoms with Gasteiger partial charge in [-0.2, -0.15) is 0 Å². The molecule has 0 aliphatic heterocycles. The maximum atomic E-state index is 5.74. The van der Waals surface area contributed by atoms with Crippen LogP contribution >= 0.6 is 11.6 Å². The van der Waals surface area contributed by atoms with Crippen molar-refractivity contribution >= 4 is 22.5 Å². The van der Waals surface area contributed by atoms with E-state index in [0.29, 0.717) is 0 Å². The van der Waals surface area contributed by atoms with Crippen LogP contribution in [0.3, 0.4) is 0 Å². The predicted octanol–water partition coefficient (Wildman–Crippen LogP) is 5.52. The lowest BCUT2D eigenvalue weighted by Gasteiger charge is -2.08. The van der Waals surface area contributed by atoms with Crippen LogP contribution in [0.25, 0.3) is 0 Å². The van der Waals surface area contributed by atoms with E-state index in [1.165, 1.54) is 34.8 Å².